The SMILES string of the molecule is CC[C@H]1[C@@H](O)[C@@H]2[C@H](CC[C@]3(C)[C@@H](C(C)CCC(=O)NCCS(=O)(=O)O)CC[C@@H]23)[C@@]2(C)CC[C@H](O)C[C@@H]12. The van der Waals surface area contributed by atoms with Crippen molar-refractivity contribution in [2.75, 3.05) is 12.3 Å². The molecular weight excluding hydrogens is 478 g/mol. The summed E-state index contributed by atoms with van der Waals surface area (Å²) in [6.45, 7) is 9.31. The molecule has 0 bridgehead atoms. The van der Waals surface area contributed by atoms with Gasteiger partial charge in [-0.25, -0.2) is 0 Å². The average molecular weight is 528 g/mol. The zero-order valence-corrected chi connectivity index (χ0v) is 23.5. The molecule has 4 saturated carbocycles. The number of aliphatic hydroxyl groups excluding tert-OH is 2. The minimum Gasteiger partial charge on any atom is -0.393 e. The molecule has 7 nitrogen and oxygen atoms in total. The highest BCUT2D eigenvalue weighted by atomic mass is 32.2. The molecule has 0 aromatic heterocycles. The summed E-state index contributed by atoms with van der Waals surface area (Å²) < 4.78 is 30.6. The number of rotatable bonds is 8. The zero-order chi connectivity index (χ0) is 26.5. The van der Waals surface area contributed by atoms with E-state index in [0.717, 1.165) is 51.4 Å². The summed E-state index contributed by atoms with van der Waals surface area (Å²) in [5.41, 5.74) is 0.369. The lowest BCUT2D eigenvalue weighted by molar-refractivity contribution is -0.203. The molecule has 0 aromatic rings. The number of aliphatic hydroxyl groups is 2. The minimum absolute atomic E-state index is 0.0639. The van der Waals surface area contributed by atoms with E-state index in [4.69, 9.17) is 4.55 Å². The van der Waals surface area contributed by atoms with Crippen LogP contribution in [0.5, 0.6) is 0 Å². The van der Waals surface area contributed by atoms with Gasteiger partial charge in [0.05, 0.1) is 18.0 Å². The van der Waals surface area contributed by atoms with Crippen LogP contribution < -0.4 is 5.32 Å². The van der Waals surface area contributed by atoms with Gasteiger partial charge >= 0.3 is 0 Å². The topological polar surface area (TPSA) is 124 Å². The lowest BCUT2D eigenvalue weighted by Crippen LogP contribution is -2.62. The molecule has 4 rings (SSSR count). The first-order chi connectivity index (χ1) is 16.8. The highest BCUT2D eigenvalue weighted by Crippen LogP contribution is 2.69. The molecule has 0 heterocycles. The van der Waals surface area contributed by atoms with E-state index in [1.54, 1.807) is 0 Å². The Labute approximate surface area is 217 Å². The van der Waals surface area contributed by atoms with Gasteiger partial charge in [0.25, 0.3) is 10.1 Å². The van der Waals surface area contributed by atoms with Crippen LogP contribution in [0.1, 0.15) is 91.9 Å². The smallest absolute Gasteiger partial charge is 0.266 e. The number of carbonyl (C=O) groups is 1. The van der Waals surface area contributed by atoms with Crippen molar-refractivity contribution in [3.8, 4) is 0 Å². The third kappa shape index (κ3) is 5.13. The number of hydrogen-bond acceptors (Lipinski definition) is 5. The third-order valence-electron chi connectivity index (χ3n) is 11.7. The number of carbonyl (C=O) groups excluding carboxylic acids is 1. The van der Waals surface area contributed by atoms with Crippen LogP contribution >= 0.6 is 0 Å². The third-order valence-corrected chi connectivity index (χ3v) is 12.4. The molecule has 4 N–H and O–H groups in total. The Hall–Kier alpha value is -0.700. The molecule has 36 heavy (non-hydrogen) atoms. The maximum Gasteiger partial charge on any atom is 0.266 e. The fourth-order valence-corrected chi connectivity index (χ4v) is 10.3. The molecule has 1 amide bonds. The highest BCUT2D eigenvalue weighted by molar-refractivity contribution is 7.85. The molecule has 0 aromatic carbocycles. The van der Waals surface area contributed by atoms with E-state index in [-0.39, 0.29) is 41.4 Å². The van der Waals surface area contributed by atoms with Gasteiger partial charge in [0, 0.05) is 13.0 Å². The van der Waals surface area contributed by atoms with Crippen molar-refractivity contribution in [3.63, 3.8) is 0 Å². The Morgan fingerprint density at radius 1 is 1.03 bits per heavy atom. The van der Waals surface area contributed by atoms with Crippen LogP contribution in [0.25, 0.3) is 0 Å². The maximum absolute atomic E-state index is 12.3. The van der Waals surface area contributed by atoms with E-state index in [2.05, 4.69) is 33.0 Å². The first kappa shape index (κ1) is 28.3. The summed E-state index contributed by atoms with van der Waals surface area (Å²) in [7, 11) is -4.07. The van der Waals surface area contributed by atoms with Crippen molar-refractivity contribution in [3.05, 3.63) is 0 Å². The number of hydrogen-bond donors (Lipinski definition) is 4. The van der Waals surface area contributed by atoms with Gasteiger partial charge in [-0.3, -0.25) is 9.35 Å². The van der Waals surface area contributed by atoms with Crippen LogP contribution in [0.2, 0.25) is 0 Å². The summed E-state index contributed by atoms with van der Waals surface area (Å²) in [6, 6.07) is 0. The van der Waals surface area contributed by atoms with Crippen LogP contribution in [-0.4, -0.2) is 53.6 Å². The molecule has 1 unspecified atom stereocenters. The molecule has 0 saturated heterocycles. The van der Waals surface area contributed by atoms with Crippen molar-refractivity contribution < 1.29 is 28.0 Å². The van der Waals surface area contributed by atoms with Crippen LogP contribution in [0.4, 0.5) is 0 Å². The van der Waals surface area contributed by atoms with E-state index < -0.39 is 15.9 Å². The van der Waals surface area contributed by atoms with Crippen molar-refractivity contribution in [2.45, 2.75) is 104 Å². The van der Waals surface area contributed by atoms with E-state index in [1.165, 1.54) is 6.42 Å². The van der Waals surface area contributed by atoms with Gasteiger partial charge in [-0.2, -0.15) is 8.42 Å². The molecule has 4 fully saturated rings. The van der Waals surface area contributed by atoms with Gasteiger partial charge < -0.3 is 15.5 Å². The van der Waals surface area contributed by atoms with Crippen molar-refractivity contribution in [2.24, 2.45) is 52.3 Å². The Bertz CT molecular complexity index is 910. The molecule has 4 aliphatic rings. The molecule has 0 spiro atoms. The zero-order valence-electron chi connectivity index (χ0n) is 22.7. The summed E-state index contributed by atoms with van der Waals surface area (Å²) in [6.07, 6.45) is 8.95. The molecule has 208 valence electrons. The van der Waals surface area contributed by atoms with E-state index >= 15 is 0 Å². The summed E-state index contributed by atoms with van der Waals surface area (Å²) in [5, 5.41) is 24.9. The fraction of sp³-hybridized carbons (Fsp3) is 0.964. The normalized spacial score (nSPS) is 45.3. The monoisotopic (exact) mass is 527 g/mol. The van der Waals surface area contributed by atoms with E-state index in [9.17, 15) is 23.4 Å². The van der Waals surface area contributed by atoms with Crippen LogP contribution in [-0.2, 0) is 14.9 Å². The average Bonchev–Trinajstić information content (AvgIpc) is 3.15. The Balaban J connectivity index is 1.44. The van der Waals surface area contributed by atoms with Gasteiger partial charge in [-0.1, -0.05) is 34.1 Å². The van der Waals surface area contributed by atoms with Crippen LogP contribution in [0, 0.1) is 52.3 Å². The number of amides is 1. The molecule has 0 radical (unpaired) electrons. The molecule has 4 aliphatic carbocycles. The predicted molar refractivity (Wildman–Crippen MR) is 140 cm³/mol. The summed E-state index contributed by atoms with van der Waals surface area (Å²) in [5.74, 6) is 2.28. The van der Waals surface area contributed by atoms with Crippen LogP contribution in [0.3, 0.4) is 0 Å². The van der Waals surface area contributed by atoms with Gasteiger partial charge in [0.1, 0.15) is 0 Å². The first-order valence-corrected chi connectivity index (χ1v) is 16.0. The van der Waals surface area contributed by atoms with E-state index in [0.29, 0.717) is 41.9 Å². The van der Waals surface area contributed by atoms with E-state index in [1.807, 2.05) is 0 Å². The van der Waals surface area contributed by atoms with Gasteiger partial charge in [0.2, 0.25) is 5.91 Å². The largest absolute Gasteiger partial charge is 0.393 e. The second-order valence-electron chi connectivity index (χ2n) is 13.3. The van der Waals surface area contributed by atoms with Gasteiger partial charge in [-0.05, 0) is 104 Å². The second-order valence-corrected chi connectivity index (χ2v) is 14.8. The molecule has 0 aliphatic heterocycles. The first-order valence-electron chi connectivity index (χ1n) is 14.4. The molecule has 11 atom stereocenters. The Morgan fingerprint density at radius 3 is 2.36 bits per heavy atom. The molecule has 8 heteroatoms. The predicted octanol–water partition coefficient (Wildman–Crippen LogP) is 4.03. The Morgan fingerprint density at radius 2 is 1.69 bits per heavy atom. The maximum atomic E-state index is 12.3. The van der Waals surface area contributed by atoms with Gasteiger partial charge in [0.15, 0.2) is 0 Å². The lowest BCUT2D eigenvalue weighted by Gasteiger charge is -2.64. The highest BCUT2D eigenvalue weighted by Gasteiger charge is 2.64. The van der Waals surface area contributed by atoms with Crippen molar-refractivity contribution >= 4 is 16.0 Å². The van der Waals surface area contributed by atoms with Crippen molar-refractivity contribution in [1.82, 2.24) is 5.32 Å². The quantitative estimate of drug-likeness (QED) is 0.353. The number of fused-ring (bicyclic) bond motifs is 5. The number of nitrogens with one attached hydrogen (secondary N) is 1. The Kier molecular flexibility index (Phi) is 8.23. The minimum atomic E-state index is -4.07. The van der Waals surface area contributed by atoms with Gasteiger partial charge in [-0.15, -0.1) is 0 Å². The fourth-order valence-electron chi connectivity index (χ4n) is 9.90. The summed E-state index contributed by atoms with van der Waals surface area (Å²) >= 11 is 0. The van der Waals surface area contributed by atoms with Crippen molar-refractivity contribution in [1.29, 1.82) is 0 Å². The van der Waals surface area contributed by atoms with Crippen LogP contribution in [0.15, 0.2) is 0 Å². The molecular formula is C28H49NO6S. The summed E-state index contributed by atoms with van der Waals surface area (Å²) in [4.78, 5) is 12.3. The second kappa shape index (κ2) is 10.5. The standard InChI is InChI=1S/C28H49NO6S/c1-5-19-23-16-18(30)10-12-28(23,4)22-11-13-27(3)20(7-8-21(27)25(22)26(19)32)17(2)6-9-24(31)29-14-15-36(33,34)35/h17-23,25-26,30,32H,5-16H2,1-4H3,(H,29,31)(H,33,34,35)/t17?,18-,19+,20+,21-,22-,23-,25-,26+,27+,28+/m0/s1. The lowest BCUT2D eigenvalue weighted by atomic mass is 9.41.